The first kappa shape index (κ1) is 7.79. The van der Waals surface area contributed by atoms with Crippen molar-refractivity contribution in [3.63, 3.8) is 0 Å². The fraction of sp³-hybridized carbons (Fsp3) is 0.111. The van der Waals surface area contributed by atoms with Gasteiger partial charge in [0.15, 0.2) is 11.4 Å². The zero-order valence-electron chi connectivity index (χ0n) is 6.96. The number of hydrogen-bond donors (Lipinski definition) is 1. The summed E-state index contributed by atoms with van der Waals surface area (Å²) in [5.41, 5.74) is 1.31. The summed E-state index contributed by atoms with van der Waals surface area (Å²) in [6.45, 7) is 1.43. The Labute approximate surface area is 73.2 Å². The van der Waals surface area contributed by atoms with Gasteiger partial charge in [0, 0.05) is 0 Å². The molecule has 1 heterocycles. The monoisotopic (exact) mass is 177 g/mol. The van der Waals surface area contributed by atoms with Crippen LogP contribution in [-0.4, -0.2) is 10.8 Å². The molecule has 0 fully saturated rings. The fourth-order valence-corrected chi connectivity index (χ4v) is 1.25. The molecule has 2 aromatic rings. The molecule has 0 aliphatic heterocycles. The van der Waals surface area contributed by atoms with Crippen LogP contribution in [0, 0.1) is 0 Å². The lowest BCUT2D eigenvalue weighted by molar-refractivity contribution is 0.101. The third-order valence-electron chi connectivity index (χ3n) is 1.83. The van der Waals surface area contributed by atoms with Crippen LogP contribution in [0.2, 0.25) is 0 Å². The minimum absolute atomic E-state index is 0.117. The molecule has 66 valence electrons. The number of aromatic amines is 1. The standard InChI is InChI=1S/C9H7NO3/c1-5(11)6-3-2-4-7-8(6)13-9(12)10-7/h2-4H,1H3,(H,10,12). The number of para-hydroxylation sites is 1. The van der Waals surface area contributed by atoms with Crippen molar-refractivity contribution in [3.05, 3.63) is 34.3 Å². The van der Waals surface area contributed by atoms with Crippen LogP contribution >= 0.6 is 0 Å². The van der Waals surface area contributed by atoms with Crippen LogP contribution in [-0.2, 0) is 0 Å². The van der Waals surface area contributed by atoms with E-state index in [4.69, 9.17) is 4.42 Å². The molecule has 0 saturated heterocycles. The Balaban J connectivity index is 2.90. The maximum absolute atomic E-state index is 11.1. The Hall–Kier alpha value is -1.84. The second-order valence-corrected chi connectivity index (χ2v) is 2.75. The molecule has 0 aliphatic carbocycles. The highest BCUT2D eigenvalue weighted by Gasteiger charge is 2.09. The average molecular weight is 177 g/mol. The summed E-state index contributed by atoms with van der Waals surface area (Å²) in [5.74, 6) is -0.656. The van der Waals surface area contributed by atoms with Gasteiger partial charge in [0.1, 0.15) is 0 Å². The van der Waals surface area contributed by atoms with Gasteiger partial charge < -0.3 is 4.42 Å². The number of ketones is 1. The molecule has 4 heteroatoms. The third kappa shape index (κ3) is 1.16. The second kappa shape index (κ2) is 2.58. The lowest BCUT2D eigenvalue weighted by Gasteiger charge is -1.93. The van der Waals surface area contributed by atoms with Crippen LogP contribution < -0.4 is 5.76 Å². The van der Waals surface area contributed by atoms with Crippen LogP contribution in [0.1, 0.15) is 17.3 Å². The largest absolute Gasteiger partial charge is 0.417 e. The second-order valence-electron chi connectivity index (χ2n) is 2.75. The quantitative estimate of drug-likeness (QED) is 0.668. The van der Waals surface area contributed by atoms with Crippen molar-refractivity contribution in [1.29, 1.82) is 0 Å². The number of benzene rings is 1. The van der Waals surface area contributed by atoms with Gasteiger partial charge in [-0.15, -0.1) is 0 Å². The number of rotatable bonds is 1. The molecular formula is C9H7NO3. The van der Waals surface area contributed by atoms with Gasteiger partial charge >= 0.3 is 5.76 Å². The zero-order valence-corrected chi connectivity index (χ0v) is 6.96. The zero-order chi connectivity index (χ0) is 9.42. The van der Waals surface area contributed by atoms with Crippen LogP contribution in [0.5, 0.6) is 0 Å². The van der Waals surface area contributed by atoms with E-state index < -0.39 is 5.76 Å². The Morgan fingerprint density at radius 1 is 1.46 bits per heavy atom. The van der Waals surface area contributed by atoms with Crippen molar-refractivity contribution in [2.24, 2.45) is 0 Å². The predicted molar refractivity (Wildman–Crippen MR) is 46.8 cm³/mol. The first-order chi connectivity index (χ1) is 6.18. The SMILES string of the molecule is CC(=O)c1cccc2[nH]c(=O)oc12. The van der Waals surface area contributed by atoms with Crippen molar-refractivity contribution in [1.82, 2.24) is 4.98 Å². The number of carbonyl (C=O) groups excluding carboxylic acids is 1. The number of H-pyrrole nitrogens is 1. The first-order valence-corrected chi connectivity index (χ1v) is 3.81. The lowest BCUT2D eigenvalue weighted by atomic mass is 10.1. The molecular weight excluding hydrogens is 170 g/mol. The van der Waals surface area contributed by atoms with Crippen LogP contribution in [0.4, 0.5) is 0 Å². The van der Waals surface area contributed by atoms with Gasteiger partial charge in [-0.3, -0.25) is 9.78 Å². The Morgan fingerprint density at radius 3 is 2.92 bits per heavy atom. The number of Topliss-reactive ketones (excluding diaryl/α,β-unsaturated/α-hetero) is 1. The van der Waals surface area contributed by atoms with E-state index in [0.29, 0.717) is 16.7 Å². The highest BCUT2D eigenvalue weighted by atomic mass is 16.4. The topological polar surface area (TPSA) is 63.1 Å². The van der Waals surface area contributed by atoms with Gasteiger partial charge in [-0.25, -0.2) is 4.79 Å². The highest BCUT2D eigenvalue weighted by Crippen LogP contribution is 2.15. The number of aromatic nitrogens is 1. The highest BCUT2D eigenvalue weighted by molar-refractivity contribution is 6.03. The van der Waals surface area contributed by atoms with Gasteiger partial charge in [-0.1, -0.05) is 6.07 Å². The van der Waals surface area contributed by atoms with Gasteiger partial charge in [0.2, 0.25) is 0 Å². The van der Waals surface area contributed by atoms with E-state index in [9.17, 15) is 9.59 Å². The molecule has 0 aliphatic rings. The van der Waals surface area contributed by atoms with Crippen molar-refractivity contribution < 1.29 is 9.21 Å². The number of nitrogens with one attached hydrogen (secondary N) is 1. The Kier molecular flexibility index (Phi) is 1.55. The third-order valence-corrected chi connectivity index (χ3v) is 1.83. The Morgan fingerprint density at radius 2 is 2.23 bits per heavy atom. The van der Waals surface area contributed by atoms with Crippen molar-refractivity contribution in [2.45, 2.75) is 6.92 Å². The summed E-state index contributed by atoms with van der Waals surface area (Å²) in [5, 5.41) is 0. The molecule has 0 radical (unpaired) electrons. The molecule has 0 bridgehead atoms. The molecule has 0 spiro atoms. The molecule has 1 N–H and O–H groups in total. The van der Waals surface area contributed by atoms with Crippen LogP contribution in [0.25, 0.3) is 11.1 Å². The van der Waals surface area contributed by atoms with E-state index in [1.807, 2.05) is 0 Å². The molecule has 1 aromatic heterocycles. The van der Waals surface area contributed by atoms with Crippen molar-refractivity contribution in [2.75, 3.05) is 0 Å². The lowest BCUT2D eigenvalue weighted by Crippen LogP contribution is -1.93. The van der Waals surface area contributed by atoms with E-state index in [1.54, 1.807) is 18.2 Å². The number of oxazole rings is 1. The minimum atomic E-state index is -0.538. The van der Waals surface area contributed by atoms with Gasteiger partial charge in [-0.05, 0) is 19.1 Å². The maximum atomic E-state index is 11.1. The fourth-order valence-electron chi connectivity index (χ4n) is 1.25. The molecule has 0 unspecified atom stereocenters. The van der Waals surface area contributed by atoms with E-state index in [2.05, 4.69) is 4.98 Å². The van der Waals surface area contributed by atoms with E-state index in [1.165, 1.54) is 6.92 Å². The molecule has 4 nitrogen and oxygen atoms in total. The van der Waals surface area contributed by atoms with Crippen molar-refractivity contribution in [3.8, 4) is 0 Å². The molecule has 2 rings (SSSR count). The van der Waals surface area contributed by atoms with E-state index in [-0.39, 0.29) is 5.78 Å². The number of carbonyl (C=O) groups is 1. The van der Waals surface area contributed by atoms with Crippen LogP contribution in [0.3, 0.4) is 0 Å². The van der Waals surface area contributed by atoms with Gasteiger partial charge in [0.25, 0.3) is 0 Å². The average Bonchev–Trinajstić information content (AvgIpc) is 2.43. The van der Waals surface area contributed by atoms with Crippen molar-refractivity contribution >= 4 is 16.9 Å². The van der Waals surface area contributed by atoms with Gasteiger partial charge in [-0.2, -0.15) is 0 Å². The molecule has 0 saturated carbocycles. The van der Waals surface area contributed by atoms with Gasteiger partial charge in [0.05, 0.1) is 11.1 Å². The van der Waals surface area contributed by atoms with E-state index in [0.717, 1.165) is 0 Å². The predicted octanol–water partition coefficient (Wildman–Crippen LogP) is 1.32. The summed E-state index contributed by atoms with van der Waals surface area (Å²) >= 11 is 0. The first-order valence-electron chi connectivity index (χ1n) is 3.81. The summed E-state index contributed by atoms with van der Waals surface area (Å²) in [6, 6.07) is 5.01. The summed E-state index contributed by atoms with van der Waals surface area (Å²) < 4.78 is 4.83. The smallest absolute Gasteiger partial charge is 0.407 e. The molecule has 0 amide bonds. The minimum Gasteiger partial charge on any atom is -0.407 e. The number of fused-ring (bicyclic) bond motifs is 1. The molecule has 13 heavy (non-hydrogen) atoms. The normalized spacial score (nSPS) is 10.5. The molecule has 0 atom stereocenters. The van der Waals surface area contributed by atoms with Crippen LogP contribution in [0.15, 0.2) is 27.4 Å². The summed E-state index contributed by atoms with van der Waals surface area (Å²) in [6.07, 6.45) is 0. The van der Waals surface area contributed by atoms with E-state index >= 15 is 0 Å². The summed E-state index contributed by atoms with van der Waals surface area (Å²) in [7, 11) is 0. The maximum Gasteiger partial charge on any atom is 0.417 e. The summed E-state index contributed by atoms with van der Waals surface area (Å²) in [4.78, 5) is 24.4. The Bertz CT molecular complexity index is 521. The molecule has 1 aromatic carbocycles. The number of hydrogen-bond acceptors (Lipinski definition) is 3.